The zero-order valence-electron chi connectivity index (χ0n) is 19.6. The van der Waals surface area contributed by atoms with Gasteiger partial charge in [-0.05, 0) is 49.2 Å². The number of piperazine rings is 1. The van der Waals surface area contributed by atoms with Crippen molar-refractivity contribution in [3.8, 4) is 0 Å². The minimum Gasteiger partial charge on any atom is -0.311 e. The van der Waals surface area contributed by atoms with Crippen LogP contribution in [-0.2, 0) is 20.0 Å². The van der Waals surface area contributed by atoms with Gasteiger partial charge in [-0.1, -0.05) is 39.0 Å². The molecule has 1 N–H and O–H groups in total. The van der Waals surface area contributed by atoms with Crippen LogP contribution < -0.4 is 10.2 Å². The molecule has 1 saturated heterocycles. The van der Waals surface area contributed by atoms with Crippen LogP contribution in [0.2, 0.25) is 0 Å². The lowest BCUT2D eigenvalue weighted by atomic mass is 9.86. The zero-order valence-corrected chi connectivity index (χ0v) is 20.4. The van der Waals surface area contributed by atoms with Crippen LogP contribution in [0.3, 0.4) is 0 Å². The summed E-state index contributed by atoms with van der Waals surface area (Å²) in [6.07, 6.45) is 0.881. The molecule has 0 aromatic heterocycles. The van der Waals surface area contributed by atoms with Gasteiger partial charge in [0.15, 0.2) is 5.37 Å². The molecule has 2 heterocycles. The molecule has 0 radical (unpaired) electrons. The van der Waals surface area contributed by atoms with Crippen molar-refractivity contribution in [3.05, 3.63) is 59.9 Å². The van der Waals surface area contributed by atoms with Crippen molar-refractivity contribution in [3.63, 3.8) is 0 Å². The fourth-order valence-electron chi connectivity index (χ4n) is 5.23. The summed E-state index contributed by atoms with van der Waals surface area (Å²) in [5.41, 5.74) is -0.00363. The largest absolute Gasteiger partial charge is 0.311 e. The molecule has 3 atom stereocenters. The number of rotatable bonds is 5. The van der Waals surface area contributed by atoms with E-state index in [0.29, 0.717) is 17.8 Å². The van der Waals surface area contributed by atoms with E-state index in [9.17, 15) is 17.6 Å². The molecule has 1 unspecified atom stereocenters. The summed E-state index contributed by atoms with van der Waals surface area (Å²) < 4.78 is 42.0. The van der Waals surface area contributed by atoms with Crippen LogP contribution in [0.1, 0.15) is 39.7 Å². The van der Waals surface area contributed by atoms with E-state index in [4.69, 9.17) is 0 Å². The molecule has 2 aromatic rings. The number of carbonyl (C=O) groups is 1. The fraction of sp³-hybridized carbons (Fsp3) is 0.480. The number of amides is 1. The minimum atomic E-state index is -3.94. The maximum atomic E-state index is 14.2. The van der Waals surface area contributed by atoms with E-state index in [1.165, 1.54) is 23.1 Å². The molecule has 6 nitrogen and oxygen atoms in total. The highest BCUT2D eigenvalue weighted by Gasteiger charge is 2.54. The topological polar surface area (TPSA) is 69.7 Å². The van der Waals surface area contributed by atoms with Crippen LogP contribution in [0.4, 0.5) is 10.1 Å². The van der Waals surface area contributed by atoms with E-state index >= 15 is 0 Å². The molecule has 178 valence electrons. The molecule has 2 aliphatic heterocycles. The van der Waals surface area contributed by atoms with Crippen molar-refractivity contribution in [1.82, 2.24) is 10.2 Å². The Labute approximate surface area is 195 Å². The molecule has 0 spiro atoms. The highest BCUT2D eigenvalue weighted by molar-refractivity contribution is 7.92. The highest BCUT2D eigenvalue weighted by atomic mass is 32.2. The van der Waals surface area contributed by atoms with Crippen LogP contribution >= 0.6 is 0 Å². The molecule has 1 fully saturated rings. The summed E-state index contributed by atoms with van der Waals surface area (Å²) in [6.45, 7) is 9.29. The van der Waals surface area contributed by atoms with Crippen LogP contribution in [0, 0.1) is 5.82 Å². The Balaban J connectivity index is 1.79. The third kappa shape index (κ3) is 4.20. The first-order valence-electron chi connectivity index (χ1n) is 11.5. The number of fused-ring (bicyclic) bond motifs is 1. The van der Waals surface area contributed by atoms with Crippen molar-refractivity contribution in [2.45, 2.75) is 61.9 Å². The zero-order chi connectivity index (χ0) is 24.0. The summed E-state index contributed by atoms with van der Waals surface area (Å²) in [5, 5.41) is 2.27. The number of halogens is 1. The van der Waals surface area contributed by atoms with E-state index in [1.54, 1.807) is 44.2 Å². The van der Waals surface area contributed by atoms with Gasteiger partial charge in [-0.3, -0.25) is 14.6 Å². The summed E-state index contributed by atoms with van der Waals surface area (Å²) in [5.74, 6) is -0.737. The Morgan fingerprint density at radius 3 is 2.55 bits per heavy atom. The van der Waals surface area contributed by atoms with Crippen molar-refractivity contribution in [2.24, 2.45) is 0 Å². The number of carbonyl (C=O) groups excluding carboxylic acids is 1. The molecule has 1 amide bonds. The number of hydrogen-bond acceptors (Lipinski definition) is 5. The smallest absolute Gasteiger partial charge is 0.242 e. The summed E-state index contributed by atoms with van der Waals surface area (Å²) in [4.78, 5) is 17.5. The van der Waals surface area contributed by atoms with Gasteiger partial charge in [-0.15, -0.1) is 0 Å². The monoisotopic (exact) mass is 473 g/mol. The quantitative estimate of drug-likeness (QED) is 0.722. The predicted molar refractivity (Wildman–Crippen MR) is 127 cm³/mol. The molecule has 2 aliphatic rings. The minimum absolute atomic E-state index is 0.109. The number of anilines is 1. The van der Waals surface area contributed by atoms with Crippen molar-refractivity contribution in [1.29, 1.82) is 0 Å². The first-order valence-corrected chi connectivity index (χ1v) is 13.0. The van der Waals surface area contributed by atoms with Gasteiger partial charge in [0.2, 0.25) is 15.7 Å². The molecule has 0 aliphatic carbocycles. The number of benzene rings is 2. The molecule has 4 rings (SSSR count). The van der Waals surface area contributed by atoms with E-state index in [-0.39, 0.29) is 29.4 Å². The van der Waals surface area contributed by atoms with E-state index in [0.717, 1.165) is 13.0 Å². The van der Waals surface area contributed by atoms with E-state index in [1.807, 2.05) is 0 Å². The second kappa shape index (κ2) is 8.81. The lowest BCUT2D eigenvalue weighted by Gasteiger charge is -2.40. The number of nitrogens with one attached hydrogen (secondary N) is 1. The van der Waals surface area contributed by atoms with Crippen LogP contribution in [0.5, 0.6) is 0 Å². The van der Waals surface area contributed by atoms with Gasteiger partial charge in [0, 0.05) is 36.3 Å². The van der Waals surface area contributed by atoms with Crippen LogP contribution in [0.15, 0.2) is 53.4 Å². The van der Waals surface area contributed by atoms with Gasteiger partial charge in [-0.2, -0.15) is 0 Å². The van der Waals surface area contributed by atoms with Gasteiger partial charge in [-0.25, -0.2) is 12.8 Å². The third-order valence-corrected chi connectivity index (χ3v) is 9.25. The molecule has 0 saturated carbocycles. The Bertz CT molecular complexity index is 1140. The van der Waals surface area contributed by atoms with Crippen LogP contribution in [-0.4, -0.2) is 56.3 Å². The van der Waals surface area contributed by atoms with Gasteiger partial charge < -0.3 is 5.32 Å². The lowest BCUT2D eigenvalue weighted by Crippen LogP contribution is -2.59. The normalized spacial score (nSPS) is 25.1. The van der Waals surface area contributed by atoms with Gasteiger partial charge in [0.25, 0.3) is 0 Å². The Morgan fingerprint density at radius 2 is 1.88 bits per heavy atom. The van der Waals surface area contributed by atoms with Crippen LogP contribution in [0.25, 0.3) is 0 Å². The van der Waals surface area contributed by atoms with Gasteiger partial charge >= 0.3 is 0 Å². The van der Waals surface area contributed by atoms with Gasteiger partial charge in [0.05, 0.1) is 11.4 Å². The first kappa shape index (κ1) is 23.9. The first-order chi connectivity index (χ1) is 15.6. The average Bonchev–Trinajstić information content (AvgIpc) is 3.02. The standard InChI is InChI=1S/C25H32FN3O3S/c1-5-19-14-27-17(2)15-28(19)16-23(30)29-22-12-11-18(26)13-21(22)25(3,4)24(29)33(31,32)20-9-7-6-8-10-20/h6-13,17,19,24,27H,5,14-16H2,1-4H3/t17-,19+,24?/m1/s1. The number of sulfone groups is 1. The second-order valence-corrected chi connectivity index (χ2v) is 11.7. The summed E-state index contributed by atoms with van der Waals surface area (Å²) in [7, 11) is -3.94. The van der Waals surface area contributed by atoms with Crippen molar-refractivity contribution < 1.29 is 17.6 Å². The maximum absolute atomic E-state index is 14.2. The molecule has 8 heteroatoms. The average molecular weight is 474 g/mol. The summed E-state index contributed by atoms with van der Waals surface area (Å²) in [6, 6.07) is 12.8. The molecular weight excluding hydrogens is 441 g/mol. The Kier molecular flexibility index (Phi) is 6.37. The SMILES string of the molecule is CC[C@H]1CN[C@H](C)CN1CC(=O)N1c2ccc(F)cc2C(C)(C)C1S(=O)(=O)c1ccccc1. The van der Waals surface area contributed by atoms with E-state index < -0.39 is 26.4 Å². The lowest BCUT2D eigenvalue weighted by molar-refractivity contribution is -0.121. The second-order valence-electron chi connectivity index (χ2n) is 9.66. The van der Waals surface area contributed by atoms with Crippen molar-refractivity contribution in [2.75, 3.05) is 24.5 Å². The number of nitrogens with zero attached hydrogens (tertiary/aromatic N) is 2. The Hall–Kier alpha value is -2.29. The Morgan fingerprint density at radius 1 is 1.18 bits per heavy atom. The molecule has 33 heavy (non-hydrogen) atoms. The summed E-state index contributed by atoms with van der Waals surface area (Å²) >= 11 is 0. The van der Waals surface area contributed by atoms with E-state index in [2.05, 4.69) is 24.1 Å². The highest BCUT2D eigenvalue weighted by Crippen LogP contribution is 2.48. The number of hydrogen-bond donors (Lipinski definition) is 1. The fourth-order valence-corrected chi connectivity index (χ4v) is 7.43. The molecular formula is C25H32FN3O3S. The molecule has 0 bridgehead atoms. The predicted octanol–water partition coefficient (Wildman–Crippen LogP) is 3.32. The molecule has 2 aromatic carbocycles. The van der Waals surface area contributed by atoms with Crippen molar-refractivity contribution >= 4 is 21.4 Å². The van der Waals surface area contributed by atoms with Gasteiger partial charge in [0.1, 0.15) is 5.82 Å². The maximum Gasteiger partial charge on any atom is 0.242 e. The third-order valence-electron chi connectivity index (χ3n) is 6.93.